The minimum Gasteiger partial charge on any atom is -0.345 e. The molecule has 0 aliphatic heterocycles. The standard InChI is InChI=1S/C20H15N5O.C12H6ClN3O.C8H10N2/c1-21-17-6-2-4-14(10-17)18(26)15-11-23-19(24-12-15)25-20(7-8-20)16-5-3-9-22-13-16;13-12-15-6-10(7-16-12)11(17)9-3-1-2-8(4-9)5-14;9-8(3-4-8)7-2-1-5-10-6-7/h2-6,9-13H,7-8H2,(H,23,24,25);1-4,6-7H;1-2,5-6H,3-4,9H2. The Kier molecular flexibility index (Phi) is 10.9. The van der Waals surface area contributed by atoms with Gasteiger partial charge in [-0.3, -0.25) is 19.6 Å². The third-order valence-corrected chi connectivity index (χ3v) is 8.82. The number of nitrogens with one attached hydrogen (secondary N) is 1. The average molecular weight is 719 g/mol. The van der Waals surface area contributed by atoms with Gasteiger partial charge < -0.3 is 11.1 Å². The Hall–Kier alpha value is -6.73. The van der Waals surface area contributed by atoms with E-state index in [1.807, 2.05) is 42.7 Å². The highest BCUT2D eigenvalue weighted by Crippen LogP contribution is 2.47. The molecule has 8 rings (SSSR count). The summed E-state index contributed by atoms with van der Waals surface area (Å²) in [6.45, 7) is 7.05. The van der Waals surface area contributed by atoms with Crippen LogP contribution in [0.1, 0.15) is 74.2 Å². The van der Waals surface area contributed by atoms with Gasteiger partial charge >= 0.3 is 0 Å². The molecule has 0 atom stereocenters. The zero-order chi connectivity index (χ0) is 37.3. The number of hydrogen-bond acceptors (Lipinski definition) is 11. The highest BCUT2D eigenvalue weighted by molar-refractivity contribution is 6.28. The maximum atomic E-state index is 12.5. The molecule has 12 nitrogen and oxygen atoms in total. The number of hydrogen-bond donors (Lipinski definition) is 2. The Bertz CT molecular complexity index is 2300. The van der Waals surface area contributed by atoms with E-state index >= 15 is 0 Å². The summed E-state index contributed by atoms with van der Waals surface area (Å²) in [5.41, 5.74) is 10.5. The lowest BCUT2D eigenvalue weighted by molar-refractivity contribution is 0.103. The average Bonchev–Trinajstić information content (AvgIpc) is 4.17. The minimum atomic E-state index is -0.237. The molecule has 0 amide bonds. The van der Waals surface area contributed by atoms with Crippen molar-refractivity contribution in [3.05, 3.63) is 178 Å². The van der Waals surface area contributed by atoms with Gasteiger partial charge in [-0.25, -0.2) is 24.8 Å². The summed E-state index contributed by atoms with van der Waals surface area (Å²) in [5, 5.41) is 12.2. The molecule has 2 aliphatic carbocycles. The van der Waals surface area contributed by atoms with Crippen LogP contribution in [0.25, 0.3) is 4.85 Å². The van der Waals surface area contributed by atoms with E-state index in [-0.39, 0.29) is 27.9 Å². The monoisotopic (exact) mass is 718 g/mol. The summed E-state index contributed by atoms with van der Waals surface area (Å²) in [5.74, 6) is 0.0482. The van der Waals surface area contributed by atoms with Crippen molar-refractivity contribution in [1.29, 1.82) is 5.26 Å². The number of pyridine rings is 2. The molecule has 2 fully saturated rings. The third-order valence-electron chi connectivity index (χ3n) is 8.63. The van der Waals surface area contributed by atoms with Crippen LogP contribution in [0.15, 0.2) is 122 Å². The van der Waals surface area contributed by atoms with Crippen molar-refractivity contribution >= 4 is 34.8 Å². The largest absolute Gasteiger partial charge is 0.345 e. The first kappa shape index (κ1) is 36.1. The Balaban J connectivity index is 0.000000152. The molecule has 0 unspecified atom stereocenters. The van der Waals surface area contributed by atoms with Crippen LogP contribution in [0.4, 0.5) is 11.6 Å². The van der Waals surface area contributed by atoms with E-state index in [1.165, 1.54) is 36.4 Å². The molecule has 53 heavy (non-hydrogen) atoms. The lowest BCUT2D eigenvalue weighted by Gasteiger charge is -2.17. The number of aromatic nitrogens is 6. The molecule has 260 valence electrons. The van der Waals surface area contributed by atoms with Crippen LogP contribution in [0.3, 0.4) is 0 Å². The van der Waals surface area contributed by atoms with E-state index < -0.39 is 0 Å². The third kappa shape index (κ3) is 9.15. The number of nitriles is 1. The van der Waals surface area contributed by atoms with Gasteiger partial charge in [0.2, 0.25) is 11.2 Å². The second-order valence-corrected chi connectivity index (χ2v) is 12.7. The molecule has 4 aromatic heterocycles. The van der Waals surface area contributed by atoms with E-state index in [0.717, 1.165) is 31.2 Å². The van der Waals surface area contributed by atoms with Crippen LogP contribution in [0.2, 0.25) is 5.28 Å². The molecule has 0 spiro atoms. The van der Waals surface area contributed by atoms with Gasteiger partial charge in [-0.05, 0) is 78.7 Å². The number of carbonyl (C=O) groups is 2. The van der Waals surface area contributed by atoms with Crippen LogP contribution in [-0.2, 0) is 11.1 Å². The number of rotatable bonds is 8. The van der Waals surface area contributed by atoms with Crippen molar-refractivity contribution in [3.8, 4) is 6.07 Å². The molecule has 0 radical (unpaired) electrons. The molecular formula is C40H31ClN10O2. The van der Waals surface area contributed by atoms with Crippen LogP contribution in [0, 0.1) is 17.9 Å². The van der Waals surface area contributed by atoms with E-state index in [0.29, 0.717) is 39.5 Å². The normalized spacial score (nSPS) is 14.0. The number of ketones is 2. The second kappa shape index (κ2) is 16.1. The zero-order valence-corrected chi connectivity index (χ0v) is 29.0. The van der Waals surface area contributed by atoms with Gasteiger partial charge in [-0.2, -0.15) is 5.26 Å². The highest BCUT2D eigenvalue weighted by Gasteiger charge is 2.45. The quantitative estimate of drug-likeness (QED) is 0.0939. The van der Waals surface area contributed by atoms with Crippen molar-refractivity contribution < 1.29 is 9.59 Å². The zero-order valence-electron chi connectivity index (χ0n) is 28.2. The van der Waals surface area contributed by atoms with E-state index in [1.54, 1.807) is 54.9 Å². The second-order valence-electron chi connectivity index (χ2n) is 12.4. The smallest absolute Gasteiger partial charge is 0.223 e. The van der Waals surface area contributed by atoms with Crippen molar-refractivity contribution in [2.24, 2.45) is 5.73 Å². The predicted molar refractivity (Wildman–Crippen MR) is 198 cm³/mol. The molecular weight excluding hydrogens is 688 g/mol. The maximum absolute atomic E-state index is 12.5. The highest BCUT2D eigenvalue weighted by atomic mass is 35.5. The molecule has 4 heterocycles. The van der Waals surface area contributed by atoms with Crippen LogP contribution >= 0.6 is 11.6 Å². The molecule has 0 saturated heterocycles. The van der Waals surface area contributed by atoms with Crippen LogP contribution < -0.4 is 11.1 Å². The first-order valence-electron chi connectivity index (χ1n) is 16.5. The minimum absolute atomic E-state index is 0.0196. The van der Waals surface area contributed by atoms with Crippen molar-refractivity contribution in [1.82, 2.24) is 29.9 Å². The lowest BCUT2D eigenvalue weighted by Crippen LogP contribution is -2.20. The van der Waals surface area contributed by atoms with Gasteiger partial charge in [0.15, 0.2) is 17.3 Å². The number of nitrogens with zero attached hydrogens (tertiary/aromatic N) is 8. The Morgan fingerprint density at radius 2 is 1.30 bits per heavy atom. The molecule has 2 aliphatic rings. The molecule has 13 heteroatoms. The van der Waals surface area contributed by atoms with Gasteiger partial charge in [0.25, 0.3) is 0 Å². The van der Waals surface area contributed by atoms with Crippen LogP contribution in [0.5, 0.6) is 0 Å². The molecule has 0 bridgehead atoms. The fraction of sp³-hybridized carbons (Fsp3) is 0.150. The molecule has 2 saturated carbocycles. The summed E-state index contributed by atoms with van der Waals surface area (Å²) in [6.07, 6.45) is 17.2. The fourth-order valence-electron chi connectivity index (χ4n) is 5.27. The number of halogens is 1. The maximum Gasteiger partial charge on any atom is 0.223 e. The number of benzene rings is 2. The van der Waals surface area contributed by atoms with Gasteiger partial charge in [0, 0.05) is 66.2 Å². The van der Waals surface area contributed by atoms with Gasteiger partial charge in [-0.15, -0.1) is 0 Å². The first-order valence-corrected chi connectivity index (χ1v) is 16.8. The Labute approximate surface area is 310 Å². The van der Waals surface area contributed by atoms with E-state index in [9.17, 15) is 9.59 Å². The van der Waals surface area contributed by atoms with Gasteiger partial charge in [0.1, 0.15) is 0 Å². The van der Waals surface area contributed by atoms with Crippen molar-refractivity contribution in [3.63, 3.8) is 0 Å². The first-order chi connectivity index (χ1) is 25.7. The SMILES string of the molecule is N#Cc1cccc(C(=O)c2cnc(Cl)nc2)c1.NC1(c2cccnc2)CC1.[C-]#[N+]c1cccc(C(=O)c2cnc(NC3(c4cccnc4)CC3)nc2)c1. The summed E-state index contributed by atoms with van der Waals surface area (Å²) >= 11 is 5.53. The number of carbonyl (C=O) groups excluding carboxylic acids is 2. The van der Waals surface area contributed by atoms with Gasteiger partial charge in [-0.1, -0.05) is 42.5 Å². The molecule has 2 aromatic carbocycles. The van der Waals surface area contributed by atoms with Crippen molar-refractivity contribution in [2.75, 3.05) is 5.32 Å². The molecule has 6 aromatic rings. The van der Waals surface area contributed by atoms with Gasteiger partial charge in [0.05, 0.1) is 34.9 Å². The van der Waals surface area contributed by atoms with Crippen molar-refractivity contribution in [2.45, 2.75) is 36.8 Å². The van der Waals surface area contributed by atoms with E-state index in [2.05, 4.69) is 40.1 Å². The number of nitrogens with two attached hydrogens (primary N) is 1. The summed E-state index contributed by atoms with van der Waals surface area (Å²) in [4.78, 5) is 52.1. The Morgan fingerprint density at radius 3 is 1.83 bits per heavy atom. The fourth-order valence-corrected chi connectivity index (χ4v) is 5.37. The predicted octanol–water partition coefficient (Wildman–Crippen LogP) is 7.02. The Morgan fingerprint density at radius 1 is 0.736 bits per heavy atom. The summed E-state index contributed by atoms with van der Waals surface area (Å²) < 4.78 is 0. The van der Waals surface area contributed by atoms with Crippen LogP contribution in [-0.4, -0.2) is 41.5 Å². The van der Waals surface area contributed by atoms with E-state index in [4.69, 9.17) is 29.2 Å². The number of anilines is 1. The lowest BCUT2D eigenvalue weighted by atomic mass is 10.0. The summed E-state index contributed by atoms with van der Waals surface area (Å²) in [6, 6.07) is 23.0. The topological polar surface area (TPSA) is 178 Å². The molecule has 3 N–H and O–H groups in total. The summed E-state index contributed by atoms with van der Waals surface area (Å²) in [7, 11) is 0.